The van der Waals surface area contributed by atoms with Crippen molar-refractivity contribution >= 4 is 5.91 Å². The third-order valence-electron chi connectivity index (χ3n) is 3.87. The number of amides is 1. The van der Waals surface area contributed by atoms with Gasteiger partial charge in [0.05, 0.1) is 5.41 Å². The Hall–Kier alpha value is -0.830. The number of nitrogens with one attached hydrogen (secondary N) is 1. The molecule has 0 atom stereocenters. The topological polar surface area (TPSA) is 32.3 Å². The van der Waals surface area contributed by atoms with Crippen molar-refractivity contribution in [2.45, 2.75) is 46.0 Å². The van der Waals surface area contributed by atoms with E-state index in [1.807, 2.05) is 11.0 Å². The number of hydrogen-bond acceptors (Lipinski definition) is 2. The molecule has 0 bridgehead atoms. The Morgan fingerprint density at radius 1 is 1.33 bits per heavy atom. The normalized spacial score (nSPS) is 18.3. The minimum Gasteiger partial charge on any atom is -0.339 e. The predicted octanol–water partition coefficient (Wildman–Crippen LogP) is 2.58. The van der Waals surface area contributed by atoms with Crippen LogP contribution >= 0.6 is 0 Å². The number of piperidine rings is 1. The molecule has 0 unspecified atom stereocenters. The van der Waals surface area contributed by atoms with Crippen molar-refractivity contribution < 1.29 is 4.79 Å². The van der Waals surface area contributed by atoms with Gasteiger partial charge in [-0.2, -0.15) is 0 Å². The van der Waals surface area contributed by atoms with Gasteiger partial charge in [-0.15, -0.1) is 6.58 Å². The second-order valence-electron chi connectivity index (χ2n) is 5.32. The molecule has 0 aromatic heterocycles. The number of nitrogens with zero attached hydrogens (tertiary/aromatic N) is 1. The summed E-state index contributed by atoms with van der Waals surface area (Å²) in [6.07, 6.45) is 6.92. The molecule has 1 rings (SSSR count). The molecule has 0 aromatic carbocycles. The van der Waals surface area contributed by atoms with E-state index in [0.29, 0.717) is 12.5 Å². The molecule has 0 aromatic rings. The monoisotopic (exact) mass is 252 g/mol. The van der Waals surface area contributed by atoms with Gasteiger partial charge in [-0.3, -0.25) is 4.79 Å². The largest absolute Gasteiger partial charge is 0.339 e. The van der Waals surface area contributed by atoms with Crippen molar-refractivity contribution in [3.63, 3.8) is 0 Å². The molecule has 1 aliphatic heterocycles. The molecule has 1 saturated heterocycles. The fourth-order valence-electron chi connectivity index (χ4n) is 2.99. The van der Waals surface area contributed by atoms with Crippen LogP contribution in [0, 0.1) is 5.41 Å². The fourth-order valence-corrected chi connectivity index (χ4v) is 2.99. The van der Waals surface area contributed by atoms with Gasteiger partial charge in [-0.05, 0) is 38.8 Å². The number of carbonyl (C=O) groups excluding carboxylic acids is 1. The lowest BCUT2D eigenvalue weighted by Gasteiger charge is -2.40. The zero-order valence-corrected chi connectivity index (χ0v) is 12.0. The van der Waals surface area contributed by atoms with Crippen molar-refractivity contribution in [3.05, 3.63) is 12.7 Å². The van der Waals surface area contributed by atoms with E-state index in [-0.39, 0.29) is 5.41 Å². The summed E-state index contributed by atoms with van der Waals surface area (Å²) in [5, 5.41) is 3.36. The Kier molecular flexibility index (Phi) is 6.41. The van der Waals surface area contributed by atoms with E-state index in [4.69, 9.17) is 0 Å². The third kappa shape index (κ3) is 3.58. The smallest absolute Gasteiger partial charge is 0.229 e. The van der Waals surface area contributed by atoms with Crippen LogP contribution in [-0.2, 0) is 4.79 Å². The Bertz CT molecular complexity index is 264. The molecule has 1 heterocycles. The summed E-state index contributed by atoms with van der Waals surface area (Å²) in [5.41, 5.74) is -0.113. The summed E-state index contributed by atoms with van der Waals surface area (Å²) in [5.74, 6) is 0.354. The molecule has 18 heavy (non-hydrogen) atoms. The molecule has 1 aliphatic rings. The van der Waals surface area contributed by atoms with Crippen LogP contribution in [-0.4, -0.2) is 37.0 Å². The van der Waals surface area contributed by atoms with Gasteiger partial charge < -0.3 is 10.2 Å². The van der Waals surface area contributed by atoms with Crippen LogP contribution in [0.2, 0.25) is 0 Å². The van der Waals surface area contributed by atoms with E-state index in [1.54, 1.807) is 0 Å². The highest BCUT2D eigenvalue weighted by Gasteiger charge is 2.40. The van der Waals surface area contributed by atoms with Crippen LogP contribution in [0.5, 0.6) is 0 Å². The minimum atomic E-state index is -0.113. The predicted molar refractivity (Wildman–Crippen MR) is 76.5 cm³/mol. The first-order valence-electron chi connectivity index (χ1n) is 7.31. The van der Waals surface area contributed by atoms with Crippen LogP contribution in [0.1, 0.15) is 46.0 Å². The van der Waals surface area contributed by atoms with Gasteiger partial charge in [0.2, 0.25) is 5.91 Å². The van der Waals surface area contributed by atoms with Gasteiger partial charge in [0.1, 0.15) is 0 Å². The number of rotatable bonds is 7. The maximum atomic E-state index is 12.8. The maximum Gasteiger partial charge on any atom is 0.229 e. The highest BCUT2D eigenvalue weighted by molar-refractivity contribution is 5.83. The lowest BCUT2D eigenvalue weighted by molar-refractivity contribution is -0.144. The Morgan fingerprint density at radius 2 is 2.00 bits per heavy atom. The maximum absolute atomic E-state index is 12.8. The van der Waals surface area contributed by atoms with E-state index in [2.05, 4.69) is 25.7 Å². The van der Waals surface area contributed by atoms with E-state index in [9.17, 15) is 4.79 Å². The van der Waals surface area contributed by atoms with Crippen molar-refractivity contribution in [1.82, 2.24) is 10.2 Å². The average Bonchev–Trinajstić information content (AvgIpc) is 2.39. The van der Waals surface area contributed by atoms with Crippen LogP contribution in [0.4, 0.5) is 0 Å². The van der Waals surface area contributed by atoms with Gasteiger partial charge in [0, 0.05) is 13.1 Å². The molecule has 0 radical (unpaired) electrons. The molecule has 0 saturated carbocycles. The van der Waals surface area contributed by atoms with E-state index in [0.717, 1.165) is 51.7 Å². The zero-order valence-electron chi connectivity index (χ0n) is 12.0. The molecule has 1 fully saturated rings. The van der Waals surface area contributed by atoms with Crippen molar-refractivity contribution in [2.24, 2.45) is 5.41 Å². The zero-order chi connectivity index (χ0) is 13.4. The van der Waals surface area contributed by atoms with E-state index in [1.165, 1.54) is 0 Å². The highest BCUT2D eigenvalue weighted by atomic mass is 16.2. The number of hydrogen-bond donors (Lipinski definition) is 1. The molecule has 3 nitrogen and oxygen atoms in total. The van der Waals surface area contributed by atoms with Crippen LogP contribution in [0.3, 0.4) is 0 Å². The molecule has 1 N–H and O–H groups in total. The van der Waals surface area contributed by atoms with Gasteiger partial charge in [-0.1, -0.05) is 26.3 Å². The number of carbonyl (C=O) groups is 1. The summed E-state index contributed by atoms with van der Waals surface area (Å²) in [6.45, 7) is 11.6. The standard InChI is InChI=1S/C15H28N2O/c1-4-7-15(8-10-16-11-9-15)14(18)17(12-5-2)13-6-3/h5,16H,2,4,6-13H2,1,3H3. The molecule has 104 valence electrons. The van der Waals surface area contributed by atoms with Crippen LogP contribution in [0.15, 0.2) is 12.7 Å². The third-order valence-corrected chi connectivity index (χ3v) is 3.87. The molecule has 0 spiro atoms. The van der Waals surface area contributed by atoms with Gasteiger partial charge in [0.25, 0.3) is 0 Å². The lowest BCUT2D eigenvalue weighted by atomic mass is 9.74. The summed E-state index contributed by atoms with van der Waals surface area (Å²) in [4.78, 5) is 14.8. The Morgan fingerprint density at radius 3 is 2.50 bits per heavy atom. The fraction of sp³-hybridized carbons (Fsp3) is 0.800. The van der Waals surface area contributed by atoms with Gasteiger partial charge >= 0.3 is 0 Å². The van der Waals surface area contributed by atoms with Crippen molar-refractivity contribution in [1.29, 1.82) is 0 Å². The first-order valence-corrected chi connectivity index (χ1v) is 7.31. The lowest BCUT2D eigenvalue weighted by Crippen LogP contribution is -2.49. The SMILES string of the molecule is C=CCN(CCC)C(=O)C1(CCC)CCNCC1. The minimum absolute atomic E-state index is 0.113. The van der Waals surface area contributed by atoms with E-state index >= 15 is 0 Å². The molecule has 3 heteroatoms. The average molecular weight is 252 g/mol. The van der Waals surface area contributed by atoms with Gasteiger partial charge in [0.15, 0.2) is 0 Å². The van der Waals surface area contributed by atoms with Crippen molar-refractivity contribution in [3.8, 4) is 0 Å². The summed E-state index contributed by atoms with van der Waals surface area (Å²) < 4.78 is 0. The molecular weight excluding hydrogens is 224 g/mol. The second kappa shape index (κ2) is 7.57. The molecular formula is C15H28N2O. The van der Waals surface area contributed by atoms with Crippen molar-refractivity contribution in [2.75, 3.05) is 26.2 Å². The molecule has 0 aliphatic carbocycles. The molecule has 1 amide bonds. The quantitative estimate of drug-likeness (QED) is 0.706. The highest BCUT2D eigenvalue weighted by Crippen LogP contribution is 2.36. The van der Waals surface area contributed by atoms with Crippen LogP contribution in [0.25, 0.3) is 0 Å². The Balaban J connectivity index is 2.81. The second-order valence-corrected chi connectivity index (χ2v) is 5.32. The van der Waals surface area contributed by atoms with Crippen LogP contribution < -0.4 is 5.32 Å². The summed E-state index contributed by atoms with van der Waals surface area (Å²) in [7, 11) is 0. The van der Waals surface area contributed by atoms with E-state index < -0.39 is 0 Å². The first-order chi connectivity index (χ1) is 8.70. The van der Waals surface area contributed by atoms with Gasteiger partial charge in [-0.25, -0.2) is 0 Å². The summed E-state index contributed by atoms with van der Waals surface area (Å²) in [6, 6.07) is 0. The Labute approximate surface area is 112 Å². The first kappa shape index (κ1) is 15.2. The summed E-state index contributed by atoms with van der Waals surface area (Å²) >= 11 is 0.